The van der Waals surface area contributed by atoms with Crippen molar-refractivity contribution in [2.45, 2.75) is 6.92 Å². The van der Waals surface area contributed by atoms with Crippen molar-refractivity contribution < 1.29 is 9.15 Å². The molecule has 5 heteroatoms. The maximum atomic E-state index is 6.31. The Balaban J connectivity index is 1.86. The van der Waals surface area contributed by atoms with Gasteiger partial charge in [-0.15, -0.1) is 0 Å². The molecule has 0 unspecified atom stereocenters. The second kappa shape index (κ2) is 8.66. The van der Waals surface area contributed by atoms with Gasteiger partial charge in [0, 0.05) is 20.0 Å². The lowest BCUT2D eigenvalue weighted by Crippen LogP contribution is -2.44. The van der Waals surface area contributed by atoms with Gasteiger partial charge in [0.25, 0.3) is 11.3 Å². The van der Waals surface area contributed by atoms with E-state index in [1.807, 2.05) is 6.92 Å². The fourth-order valence-corrected chi connectivity index (χ4v) is 8.62. The summed E-state index contributed by atoms with van der Waals surface area (Å²) in [5, 5.41) is 3.82. The number of nitrogens with zero attached hydrogens (tertiary/aromatic N) is 2. The molecule has 2 heterocycles. The van der Waals surface area contributed by atoms with Crippen LogP contribution in [-0.2, 0) is 4.74 Å². The summed E-state index contributed by atoms with van der Waals surface area (Å²) in [5.41, 5.74) is 1.04. The molecule has 0 aliphatic carbocycles. The molecular weight excluding hydrogens is 403 g/mol. The third-order valence-corrected chi connectivity index (χ3v) is 9.89. The molecule has 1 aliphatic rings. The van der Waals surface area contributed by atoms with Gasteiger partial charge in [0.2, 0.25) is 0 Å². The average Bonchev–Trinajstić information content (AvgIpc) is 3.24. The summed E-state index contributed by atoms with van der Waals surface area (Å²) >= 11 is 0. The lowest BCUT2D eigenvalue weighted by molar-refractivity contribution is 0.120. The Hall–Kier alpha value is -2.94. The zero-order valence-electron chi connectivity index (χ0n) is 17.6. The minimum absolute atomic E-state index is 0.698. The van der Waals surface area contributed by atoms with Gasteiger partial charge in [-0.3, -0.25) is 0 Å². The number of oxazole rings is 1. The van der Waals surface area contributed by atoms with E-state index in [1.165, 1.54) is 15.9 Å². The molecule has 3 aromatic carbocycles. The molecule has 1 aliphatic heterocycles. The Labute approximate surface area is 183 Å². The van der Waals surface area contributed by atoms with Crippen molar-refractivity contribution in [1.82, 2.24) is 4.98 Å². The zero-order valence-corrected chi connectivity index (χ0v) is 18.5. The third kappa shape index (κ3) is 3.56. The van der Waals surface area contributed by atoms with Crippen molar-refractivity contribution >= 4 is 34.5 Å². The summed E-state index contributed by atoms with van der Waals surface area (Å²) in [7, 11) is -2.28. The van der Waals surface area contributed by atoms with Crippen molar-refractivity contribution in [3.63, 3.8) is 0 Å². The molecule has 4 nitrogen and oxygen atoms in total. The van der Waals surface area contributed by atoms with Gasteiger partial charge in [0.1, 0.15) is 15.9 Å². The van der Waals surface area contributed by atoms with Gasteiger partial charge < -0.3 is 14.1 Å². The first-order valence-corrected chi connectivity index (χ1v) is 12.5. The zero-order chi connectivity index (χ0) is 21.1. The fourth-order valence-electron chi connectivity index (χ4n) is 4.37. The maximum absolute atomic E-state index is 6.31. The maximum Gasteiger partial charge on any atom is 0.261 e. The predicted molar refractivity (Wildman–Crippen MR) is 129 cm³/mol. The second-order valence-electron chi connectivity index (χ2n) is 7.64. The first-order valence-electron chi connectivity index (χ1n) is 10.7. The molecule has 31 heavy (non-hydrogen) atoms. The van der Waals surface area contributed by atoms with Gasteiger partial charge in [-0.2, -0.15) is 4.98 Å². The molecule has 0 N–H and O–H groups in total. The van der Waals surface area contributed by atoms with Crippen molar-refractivity contribution in [3.05, 3.63) is 96.9 Å². The van der Waals surface area contributed by atoms with E-state index in [0.29, 0.717) is 19.1 Å². The number of rotatable bonds is 5. The average molecular weight is 429 g/mol. The van der Waals surface area contributed by atoms with Crippen LogP contribution in [0.25, 0.3) is 0 Å². The van der Waals surface area contributed by atoms with Crippen LogP contribution in [0.5, 0.6) is 0 Å². The molecule has 4 aromatic rings. The Morgan fingerprint density at radius 1 is 0.710 bits per heavy atom. The van der Waals surface area contributed by atoms with Crippen LogP contribution in [0.4, 0.5) is 5.88 Å². The van der Waals surface area contributed by atoms with E-state index >= 15 is 0 Å². The normalized spacial score (nSPS) is 14.5. The van der Waals surface area contributed by atoms with E-state index in [0.717, 1.165) is 24.4 Å². The number of morpholine rings is 1. The van der Waals surface area contributed by atoms with Crippen LogP contribution < -0.4 is 26.2 Å². The van der Waals surface area contributed by atoms with Gasteiger partial charge >= 0.3 is 0 Å². The van der Waals surface area contributed by atoms with Crippen molar-refractivity contribution in [2.24, 2.45) is 0 Å². The van der Waals surface area contributed by atoms with Crippen LogP contribution in [0.2, 0.25) is 0 Å². The molecular formula is C26H26N2O2P+. The topological polar surface area (TPSA) is 38.5 Å². The summed E-state index contributed by atoms with van der Waals surface area (Å²) in [6, 6.07) is 32.4. The molecule has 5 rings (SSSR count). The number of ether oxygens (including phenoxy) is 1. The van der Waals surface area contributed by atoms with E-state index < -0.39 is 7.26 Å². The van der Waals surface area contributed by atoms with Crippen LogP contribution in [0.3, 0.4) is 0 Å². The highest BCUT2D eigenvalue weighted by Crippen LogP contribution is 2.55. The quantitative estimate of drug-likeness (QED) is 0.456. The summed E-state index contributed by atoms with van der Waals surface area (Å²) in [6.07, 6.45) is 0. The minimum Gasteiger partial charge on any atom is -0.421 e. The van der Waals surface area contributed by atoms with Crippen LogP contribution in [0.1, 0.15) is 5.89 Å². The number of hydrogen-bond acceptors (Lipinski definition) is 4. The second-order valence-corrected chi connectivity index (χ2v) is 11.0. The van der Waals surface area contributed by atoms with E-state index in [2.05, 4.69) is 95.9 Å². The lowest BCUT2D eigenvalue weighted by Gasteiger charge is -2.30. The molecule has 0 spiro atoms. The Kier molecular flexibility index (Phi) is 5.59. The van der Waals surface area contributed by atoms with Crippen molar-refractivity contribution in [3.8, 4) is 0 Å². The van der Waals surface area contributed by atoms with Crippen LogP contribution in [0.15, 0.2) is 95.4 Å². The highest BCUT2D eigenvalue weighted by Gasteiger charge is 2.53. The molecule has 0 bridgehead atoms. The molecule has 156 valence electrons. The smallest absolute Gasteiger partial charge is 0.261 e. The fraction of sp³-hybridized carbons (Fsp3) is 0.192. The molecule has 0 saturated carbocycles. The number of anilines is 1. The largest absolute Gasteiger partial charge is 0.421 e. The summed E-state index contributed by atoms with van der Waals surface area (Å²) in [5.74, 6) is 1.58. The first-order chi connectivity index (χ1) is 15.3. The summed E-state index contributed by atoms with van der Waals surface area (Å²) in [4.78, 5) is 7.38. The molecule has 0 radical (unpaired) electrons. The standard InChI is InChI=1S/C26H26N2O2P/c1-21-27-25(26(30-21)28-17-19-29-20-18-28)31(22-11-5-2-6-12-22,23-13-7-3-8-14-23)24-15-9-4-10-16-24/h2-16H,17-20H2,1H3/q+1. The molecule has 0 amide bonds. The SMILES string of the molecule is Cc1nc([P+](c2ccccc2)(c2ccccc2)c2ccccc2)c(N2CCOCC2)o1. The van der Waals surface area contributed by atoms with Crippen LogP contribution >= 0.6 is 7.26 Å². The molecule has 1 aromatic heterocycles. The van der Waals surface area contributed by atoms with Gasteiger partial charge in [0.05, 0.1) is 13.2 Å². The molecule has 1 saturated heterocycles. The van der Waals surface area contributed by atoms with Gasteiger partial charge in [-0.25, -0.2) is 0 Å². The Morgan fingerprint density at radius 3 is 1.61 bits per heavy atom. The Bertz CT molecular complexity index is 1030. The monoisotopic (exact) mass is 429 g/mol. The number of aromatic nitrogens is 1. The van der Waals surface area contributed by atoms with Gasteiger partial charge in [0.15, 0.2) is 13.2 Å². The third-order valence-electron chi connectivity index (χ3n) is 5.75. The Morgan fingerprint density at radius 2 is 1.16 bits per heavy atom. The van der Waals surface area contributed by atoms with Crippen molar-refractivity contribution in [2.75, 3.05) is 31.2 Å². The number of hydrogen-bond donors (Lipinski definition) is 0. The highest BCUT2D eigenvalue weighted by molar-refractivity contribution is 8.01. The number of benzene rings is 3. The molecule has 0 atom stereocenters. The van der Waals surface area contributed by atoms with Gasteiger partial charge in [-0.05, 0) is 36.4 Å². The van der Waals surface area contributed by atoms with E-state index in [4.69, 9.17) is 14.1 Å². The van der Waals surface area contributed by atoms with Crippen LogP contribution in [-0.4, -0.2) is 31.3 Å². The predicted octanol–water partition coefficient (Wildman–Crippen LogP) is 3.44. The van der Waals surface area contributed by atoms with E-state index in [-0.39, 0.29) is 0 Å². The summed E-state index contributed by atoms with van der Waals surface area (Å²) < 4.78 is 11.9. The molecule has 1 fully saturated rings. The van der Waals surface area contributed by atoms with Crippen LogP contribution in [0, 0.1) is 6.92 Å². The van der Waals surface area contributed by atoms with Crippen molar-refractivity contribution in [1.29, 1.82) is 0 Å². The number of aryl methyl sites for hydroxylation is 1. The first kappa shape index (κ1) is 20.0. The van der Waals surface area contributed by atoms with E-state index in [9.17, 15) is 0 Å². The highest BCUT2D eigenvalue weighted by atomic mass is 31.2. The van der Waals surface area contributed by atoms with Gasteiger partial charge in [-0.1, -0.05) is 54.6 Å². The minimum atomic E-state index is -2.28. The van der Waals surface area contributed by atoms with E-state index in [1.54, 1.807) is 0 Å². The summed E-state index contributed by atoms with van der Waals surface area (Å²) in [6.45, 7) is 4.96. The lowest BCUT2D eigenvalue weighted by atomic mass is 10.4.